The van der Waals surface area contributed by atoms with Gasteiger partial charge in [-0.1, -0.05) is 0 Å². The van der Waals surface area contributed by atoms with Gasteiger partial charge in [0.05, 0.1) is 5.56 Å². The third-order valence-electron chi connectivity index (χ3n) is 2.48. The molecule has 0 bridgehead atoms. The predicted octanol–water partition coefficient (Wildman–Crippen LogP) is 2.19. The first kappa shape index (κ1) is 11.5. The summed E-state index contributed by atoms with van der Waals surface area (Å²) in [5.74, 6) is -0.856. The molecule has 0 unspecified atom stereocenters. The molecule has 0 aliphatic carbocycles. The van der Waals surface area contributed by atoms with Crippen molar-refractivity contribution in [1.82, 2.24) is 4.90 Å². The van der Waals surface area contributed by atoms with Gasteiger partial charge in [-0.3, -0.25) is 14.5 Å². The minimum atomic E-state index is -0.381. The Balaban J connectivity index is 2.30. The molecule has 2 rings (SSSR count). The maximum absolute atomic E-state index is 12.9. The van der Waals surface area contributed by atoms with Crippen molar-refractivity contribution in [3.63, 3.8) is 0 Å². The van der Waals surface area contributed by atoms with E-state index in [0.29, 0.717) is 28.5 Å². The summed E-state index contributed by atoms with van der Waals surface area (Å²) < 4.78 is 13.4. The summed E-state index contributed by atoms with van der Waals surface area (Å²) in [4.78, 5) is 24.6. The fraction of sp³-hybridized carbons (Fsp3) is 0.273. The first-order chi connectivity index (χ1) is 7.59. The van der Waals surface area contributed by atoms with E-state index < -0.39 is 0 Å². The molecule has 2 amide bonds. The number of benzene rings is 1. The maximum Gasteiger partial charge on any atom is 0.261 e. The Labute approximate surface area is 106 Å². The van der Waals surface area contributed by atoms with E-state index >= 15 is 0 Å². The zero-order valence-electron chi connectivity index (χ0n) is 8.37. The molecule has 16 heavy (non-hydrogen) atoms. The lowest BCUT2D eigenvalue weighted by Gasteiger charge is -2.14. The highest BCUT2D eigenvalue weighted by molar-refractivity contribution is 14.1. The number of hydrogen-bond donors (Lipinski definition) is 0. The van der Waals surface area contributed by atoms with Gasteiger partial charge in [0.2, 0.25) is 5.91 Å². The number of carbonyl (C=O) groups is 2. The average molecular weight is 333 g/mol. The van der Waals surface area contributed by atoms with Gasteiger partial charge in [0.1, 0.15) is 5.82 Å². The van der Waals surface area contributed by atoms with E-state index in [1.165, 1.54) is 23.1 Å². The van der Waals surface area contributed by atoms with Crippen LogP contribution in [0.5, 0.6) is 0 Å². The Bertz CT molecular complexity index is 461. The van der Waals surface area contributed by atoms with Gasteiger partial charge in [-0.15, -0.1) is 0 Å². The third-order valence-corrected chi connectivity index (χ3v) is 3.37. The van der Waals surface area contributed by atoms with Gasteiger partial charge in [0.25, 0.3) is 5.91 Å². The molecule has 5 heteroatoms. The molecule has 0 saturated carbocycles. The summed E-state index contributed by atoms with van der Waals surface area (Å²) >= 11 is 1.90. The smallest absolute Gasteiger partial charge is 0.261 e. The Hall–Kier alpha value is -0.980. The molecule has 1 fully saturated rings. The first-order valence-electron chi connectivity index (χ1n) is 4.89. The molecule has 1 aliphatic rings. The van der Waals surface area contributed by atoms with E-state index in [1.54, 1.807) is 0 Å². The summed E-state index contributed by atoms with van der Waals surface area (Å²) in [5, 5.41) is 0. The number of carbonyl (C=O) groups excluding carboxylic acids is 2. The molecule has 1 aromatic carbocycles. The number of hydrogen-bond acceptors (Lipinski definition) is 2. The van der Waals surface area contributed by atoms with E-state index in [0.717, 1.165) is 0 Å². The predicted molar refractivity (Wildman–Crippen MR) is 64.4 cm³/mol. The minimum Gasteiger partial charge on any atom is -0.278 e. The summed E-state index contributed by atoms with van der Waals surface area (Å²) in [7, 11) is 0. The molecule has 0 radical (unpaired) electrons. The summed E-state index contributed by atoms with van der Waals surface area (Å²) in [5.41, 5.74) is 0.386. The van der Waals surface area contributed by atoms with Crippen LogP contribution in [0.15, 0.2) is 18.2 Å². The second kappa shape index (κ2) is 4.48. The summed E-state index contributed by atoms with van der Waals surface area (Å²) in [6.45, 7) is 0.463. The molecule has 1 saturated heterocycles. The van der Waals surface area contributed by atoms with E-state index in [1.807, 2.05) is 22.6 Å². The molecule has 1 aliphatic heterocycles. The average Bonchev–Trinajstić information content (AvgIpc) is 2.63. The SMILES string of the molecule is O=C1CCCN1C(=O)c1ccc(F)cc1I. The van der Waals surface area contributed by atoms with Gasteiger partial charge in [-0.25, -0.2) is 4.39 Å². The lowest BCUT2D eigenvalue weighted by atomic mass is 10.2. The molecule has 0 atom stereocenters. The molecule has 0 N–H and O–H groups in total. The third kappa shape index (κ3) is 2.09. The highest BCUT2D eigenvalue weighted by Crippen LogP contribution is 2.19. The van der Waals surface area contributed by atoms with Crippen LogP contribution in [-0.2, 0) is 4.79 Å². The maximum atomic E-state index is 12.9. The van der Waals surface area contributed by atoms with Gasteiger partial charge in [0, 0.05) is 16.5 Å². The highest BCUT2D eigenvalue weighted by Gasteiger charge is 2.28. The number of rotatable bonds is 1. The quantitative estimate of drug-likeness (QED) is 0.584. The van der Waals surface area contributed by atoms with Crippen LogP contribution < -0.4 is 0 Å². The van der Waals surface area contributed by atoms with Crippen molar-refractivity contribution < 1.29 is 14.0 Å². The molecule has 84 valence electrons. The number of amides is 2. The molecule has 1 aromatic rings. The second-order valence-electron chi connectivity index (χ2n) is 3.58. The van der Waals surface area contributed by atoms with E-state index in [4.69, 9.17) is 0 Å². The molecular formula is C11H9FINO2. The first-order valence-corrected chi connectivity index (χ1v) is 5.97. The van der Waals surface area contributed by atoms with E-state index in [2.05, 4.69) is 0 Å². The van der Waals surface area contributed by atoms with Crippen LogP contribution in [0.3, 0.4) is 0 Å². The Kier molecular flexibility index (Phi) is 3.22. The Morgan fingerprint density at radius 1 is 1.44 bits per heavy atom. The van der Waals surface area contributed by atoms with Crippen LogP contribution in [-0.4, -0.2) is 23.3 Å². The van der Waals surface area contributed by atoms with Gasteiger partial charge in [0.15, 0.2) is 0 Å². The van der Waals surface area contributed by atoms with Crippen LogP contribution in [0.1, 0.15) is 23.2 Å². The molecule has 0 aromatic heterocycles. The van der Waals surface area contributed by atoms with Crippen LogP contribution in [0.2, 0.25) is 0 Å². The van der Waals surface area contributed by atoms with E-state index in [-0.39, 0.29) is 17.6 Å². The number of nitrogens with zero attached hydrogens (tertiary/aromatic N) is 1. The van der Waals surface area contributed by atoms with Gasteiger partial charge in [-0.2, -0.15) is 0 Å². The Morgan fingerprint density at radius 3 is 2.75 bits per heavy atom. The fourth-order valence-corrected chi connectivity index (χ4v) is 2.38. The van der Waals surface area contributed by atoms with E-state index in [9.17, 15) is 14.0 Å². The second-order valence-corrected chi connectivity index (χ2v) is 4.74. The number of likely N-dealkylation sites (tertiary alicyclic amines) is 1. The largest absolute Gasteiger partial charge is 0.278 e. The number of imide groups is 1. The molecule has 1 heterocycles. The van der Waals surface area contributed by atoms with Crippen molar-refractivity contribution in [2.24, 2.45) is 0 Å². The van der Waals surface area contributed by atoms with Crippen LogP contribution in [0, 0.1) is 9.39 Å². The fourth-order valence-electron chi connectivity index (χ4n) is 1.67. The van der Waals surface area contributed by atoms with Crippen molar-refractivity contribution in [1.29, 1.82) is 0 Å². The van der Waals surface area contributed by atoms with Crippen LogP contribution >= 0.6 is 22.6 Å². The zero-order valence-corrected chi connectivity index (χ0v) is 10.5. The summed E-state index contributed by atoms with van der Waals surface area (Å²) in [6, 6.07) is 3.94. The summed E-state index contributed by atoms with van der Waals surface area (Å²) in [6.07, 6.45) is 1.13. The van der Waals surface area contributed by atoms with Crippen molar-refractivity contribution >= 4 is 34.4 Å². The standard InChI is InChI=1S/C11H9FINO2/c12-7-3-4-8(9(13)6-7)11(16)14-5-1-2-10(14)15/h3-4,6H,1-2,5H2. The van der Waals surface area contributed by atoms with Crippen LogP contribution in [0.4, 0.5) is 4.39 Å². The van der Waals surface area contributed by atoms with Gasteiger partial charge >= 0.3 is 0 Å². The minimum absolute atomic E-state index is 0.148. The highest BCUT2D eigenvalue weighted by atomic mass is 127. The molecule has 0 spiro atoms. The lowest BCUT2D eigenvalue weighted by Crippen LogP contribution is -2.32. The topological polar surface area (TPSA) is 37.4 Å². The van der Waals surface area contributed by atoms with Crippen molar-refractivity contribution in [3.05, 3.63) is 33.1 Å². The number of halogens is 2. The molecule has 3 nitrogen and oxygen atoms in total. The van der Waals surface area contributed by atoms with Crippen molar-refractivity contribution in [3.8, 4) is 0 Å². The normalized spacial score (nSPS) is 15.6. The van der Waals surface area contributed by atoms with Gasteiger partial charge in [-0.05, 0) is 47.2 Å². The Morgan fingerprint density at radius 2 is 2.19 bits per heavy atom. The van der Waals surface area contributed by atoms with Crippen molar-refractivity contribution in [2.75, 3.05) is 6.54 Å². The van der Waals surface area contributed by atoms with Gasteiger partial charge < -0.3 is 0 Å². The monoisotopic (exact) mass is 333 g/mol. The molecular weight excluding hydrogens is 324 g/mol. The van der Waals surface area contributed by atoms with Crippen LogP contribution in [0.25, 0.3) is 0 Å². The zero-order chi connectivity index (χ0) is 11.7. The lowest BCUT2D eigenvalue weighted by molar-refractivity contribution is -0.125. The van der Waals surface area contributed by atoms with Crippen molar-refractivity contribution in [2.45, 2.75) is 12.8 Å².